The Morgan fingerprint density at radius 3 is 2.53 bits per heavy atom. The van der Waals surface area contributed by atoms with Crippen molar-refractivity contribution >= 4 is 41.1 Å². The summed E-state index contributed by atoms with van der Waals surface area (Å²) in [7, 11) is 0. The minimum atomic E-state index is -0.185. The molecule has 4 rings (SSSR count). The Kier molecular flexibility index (Phi) is 7.12. The second kappa shape index (κ2) is 10.4. The normalized spacial score (nSPS) is 15.6. The highest BCUT2D eigenvalue weighted by Crippen LogP contribution is 2.35. The average molecular weight is 462 g/mol. The molecule has 2 aliphatic heterocycles. The van der Waals surface area contributed by atoms with Gasteiger partial charge in [-0.05, 0) is 36.3 Å². The van der Waals surface area contributed by atoms with Gasteiger partial charge in [-0.25, -0.2) is 4.98 Å². The second-order valence-electron chi connectivity index (χ2n) is 8.04. The molecule has 2 aromatic rings. The van der Waals surface area contributed by atoms with Crippen LogP contribution < -0.4 is 15.1 Å². The van der Waals surface area contributed by atoms with E-state index < -0.39 is 0 Å². The molecule has 9 nitrogen and oxygen atoms in total. The summed E-state index contributed by atoms with van der Waals surface area (Å²) in [5, 5.41) is 2.70. The lowest BCUT2D eigenvalue weighted by molar-refractivity contribution is -0.114. The van der Waals surface area contributed by atoms with Crippen LogP contribution in [0.3, 0.4) is 0 Å². The van der Waals surface area contributed by atoms with Crippen molar-refractivity contribution in [2.75, 3.05) is 48.0 Å². The maximum Gasteiger partial charge on any atom is 0.259 e. The molecule has 3 heterocycles. The fourth-order valence-corrected chi connectivity index (χ4v) is 4.14. The van der Waals surface area contributed by atoms with Crippen LogP contribution in [0.5, 0.6) is 0 Å². The predicted octanol–water partition coefficient (Wildman–Crippen LogP) is 2.63. The van der Waals surface area contributed by atoms with Crippen molar-refractivity contribution in [2.45, 2.75) is 19.8 Å². The van der Waals surface area contributed by atoms with Crippen LogP contribution in [0.25, 0.3) is 5.57 Å². The average Bonchev–Trinajstić information content (AvgIpc) is 3.28. The number of amides is 2. The zero-order valence-electron chi connectivity index (χ0n) is 19.1. The number of allylic oxidation sites excluding steroid dienone is 3. The fraction of sp³-hybridized carbons (Fsp3) is 0.320. The minimum Gasteiger partial charge on any atom is -0.378 e. The summed E-state index contributed by atoms with van der Waals surface area (Å²) in [4.78, 5) is 49.4. The molecule has 1 aromatic carbocycles. The van der Waals surface area contributed by atoms with E-state index in [-0.39, 0.29) is 18.2 Å². The first kappa shape index (κ1) is 23.3. The zero-order chi connectivity index (χ0) is 24.1. The second-order valence-corrected chi connectivity index (χ2v) is 8.04. The van der Waals surface area contributed by atoms with Crippen molar-refractivity contribution in [1.29, 1.82) is 0 Å². The Labute approximate surface area is 198 Å². The number of hydrogen-bond donors (Lipinski definition) is 1. The van der Waals surface area contributed by atoms with Gasteiger partial charge in [0, 0.05) is 49.8 Å². The monoisotopic (exact) mass is 461 g/mol. The molecule has 2 aliphatic rings. The third-order valence-electron chi connectivity index (χ3n) is 5.73. The largest absolute Gasteiger partial charge is 0.378 e. The molecule has 2 amide bonds. The van der Waals surface area contributed by atoms with Crippen LogP contribution >= 0.6 is 0 Å². The number of anilines is 3. The highest BCUT2D eigenvalue weighted by Gasteiger charge is 2.32. The van der Waals surface area contributed by atoms with Crippen LogP contribution in [0, 0.1) is 0 Å². The lowest BCUT2D eigenvalue weighted by atomic mass is 10.0. The van der Waals surface area contributed by atoms with Crippen molar-refractivity contribution in [1.82, 2.24) is 9.97 Å². The van der Waals surface area contributed by atoms with E-state index in [4.69, 9.17) is 14.7 Å². The van der Waals surface area contributed by atoms with Crippen molar-refractivity contribution in [2.24, 2.45) is 0 Å². The van der Waals surface area contributed by atoms with E-state index >= 15 is 0 Å². The van der Waals surface area contributed by atoms with E-state index in [9.17, 15) is 14.4 Å². The fourth-order valence-electron chi connectivity index (χ4n) is 4.14. The maximum atomic E-state index is 13.4. The standard InChI is InChI=1S/C25H27N5O4/c1-3-4-18(10-14-31)22-21-9-11-30(23(21)28-25(27-22)29-12-15-34-16-13-29)24(33)19-5-7-20(8-6-19)26-17(2)32/h3-8,14H,1,9-13,15-16H2,2H3,(H,26,32). The number of morpholine rings is 1. The quantitative estimate of drug-likeness (QED) is 0.499. The predicted molar refractivity (Wildman–Crippen MR) is 130 cm³/mol. The molecule has 0 spiro atoms. The number of carbonyl (C=O) groups excluding carboxylic acids is 3. The number of nitrogens with zero attached hydrogens (tertiary/aromatic N) is 4. The molecule has 0 aliphatic carbocycles. The number of rotatable bonds is 7. The highest BCUT2D eigenvalue weighted by atomic mass is 16.5. The molecular weight excluding hydrogens is 434 g/mol. The van der Waals surface area contributed by atoms with Crippen molar-refractivity contribution in [3.05, 3.63) is 59.8 Å². The van der Waals surface area contributed by atoms with Crippen LogP contribution in [-0.2, 0) is 20.7 Å². The van der Waals surface area contributed by atoms with Gasteiger partial charge in [0.05, 0.1) is 18.9 Å². The van der Waals surface area contributed by atoms with Crippen LogP contribution in [0.15, 0.2) is 43.0 Å². The van der Waals surface area contributed by atoms with E-state index in [1.54, 1.807) is 41.3 Å². The van der Waals surface area contributed by atoms with Gasteiger partial charge < -0.3 is 19.7 Å². The van der Waals surface area contributed by atoms with Gasteiger partial charge in [-0.1, -0.05) is 18.7 Å². The summed E-state index contributed by atoms with van der Waals surface area (Å²) in [5.74, 6) is 0.711. The molecule has 0 radical (unpaired) electrons. The van der Waals surface area contributed by atoms with Gasteiger partial charge in [-0.2, -0.15) is 4.98 Å². The Morgan fingerprint density at radius 2 is 1.88 bits per heavy atom. The van der Waals surface area contributed by atoms with Gasteiger partial charge in [0.15, 0.2) is 0 Å². The molecule has 0 bridgehead atoms. The molecular formula is C25H27N5O4. The van der Waals surface area contributed by atoms with Crippen molar-refractivity contribution < 1.29 is 19.1 Å². The summed E-state index contributed by atoms with van der Waals surface area (Å²) >= 11 is 0. The lowest BCUT2D eigenvalue weighted by Crippen LogP contribution is -2.38. The molecule has 34 heavy (non-hydrogen) atoms. The summed E-state index contributed by atoms with van der Waals surface area (Å²) in [5.41, 5.74) is 3.38. The summed E-state index contributed by atoms with van der Waals surface area (Å²) in [6, 6.07) is 6.77. The zero-order valence-corrected chi connectivity index (χ0v) is 19.1. The van der Waals surface area contributed by atoms with Gasteiger partial charge >= 0.3 is 0 Å². The van der Waals surface area contributed by atoms with E-state index in [2.05, 4.69) is 11.9 Å². The summed E-state index contributed by atoms with van der Waals surface area (Å²) in [6.45, 7) is 8.09. The number of carbonyl (C=O) groups is 3. The smallest absolute Gasteiger partial charge is 0.259 e. The number of benzene rings is 1. The van der Waals surface area contributed by atoms with Gasteiger partial charge in [-0.15, -0.1) is 0 Å². The first-order valence-corrected chi connectivity index (χ1v) is 11.2. The minimum absolute atomic E-state index is 0.175. The Bertz CT molecular complexity index is 1140. The molecule has 1 fully saturated rings. The number of aldehydes is 1. The van der Waals surface area contributed by atoms with E-state index in [1.807, 2.05) is 4.90 Å². The number of nitrogens with one attached hydrogen (secondary N) is 1. The number of fused-ring (bicyclic) bond motifs is 1. The first-order chi connectivity index (χ1) is 16.5. The Balaban J connectivity index is 1.73. The van der Waals surface area contributed by atoms with Crippen LogP contribution in [0.2, 0.25) is 0 Å². The number of ether oxygens (including phenoxy) is 1. The molecule has 0 atom stereocenters. The van der Waals surface area contributed by atoms with Gasteiger partial charge in [0.2, 0.25) is 11.9 Å². The highest BCUT2D eigenvalue weighted by molar-refractivity contribution is 6.07. The molecule has 0 saturated carbocycles. The topological polar surface area (TPSA) is 105 Å². The van der Waals surface area contributed by atoms with Crippen molar-refractivity contribution in [3.63, 3.8) is 0 Å². The number of hydrogen-bond acceptors (Lipinski definition) is 7. The third kappa shape index (κ3) is 4.89. The van der Waals surface area contributed by atoms with Gasteiger partial charge in [-0.3, -0.25) is 14.5 Å². The summed E-state index contributed by atoms with van der Waals surface area (Å²) < 4.78 is 5.46. The number of aromatic nitrogens is 2. The maximum absolute atomic E-state index is 13.4. The molecule has 1 saturated heterocycles. The van der Waals surface area contributed by atoms with E-state index in [0.717, 1.165) is 17.4 Å². The molecule has 176 valence electrons. The van der Waals surface area contributed by atoms with Gasteiger partial charge in [0.25, 0.3) is 5.91 Å². The van der Waals surface area contributed by atoms with E-state index in [1.165, 1.54) is 6.92 Å². The Hall–Kier alpha value is -3.85. The molecule has 9 heteroatoms. The molecule has 1 N–H and O–H groups in total. The summed E-state index contributed by atoms with van der Waals surface area (Å²) in [6.07, 6.45) is 5.03. The van der Waals surface area contributed by atoms with Gasteiger partial charge in [0.1, 0.15) is 12.1 Å². The van der Waals surface area contributed by atoms with Crippen LogP contribution in [0.4, 0.5) is 17.5 Å². The molecule has 0 unspecified atom stereocenters. The third-order valence-corrected chi connectivity index (χ3v) is 5.73. The molecule has 1 aromatic heterocycles. The van der Waals surface area contributed by atoms with E-state index in [0.29, 0.717) is 68.0 Å². The SMILES string of the molecule is C=CC=C(CC=O)c1nc(N2CCOCC2)nc2c1CCN2C(=O)c1ccc(NC(C)=O)cc1. The van der Waals surface area contributed by atoms with Crippen molar-refractivity contribution in [3.8, 4) is 0 Å². The Morgan fingerprint density at radius 1 is 1.15 bits per heavy atom. The first-order valence-electron chi connectivity index (χ1n) is 11.2. The lowest BCUT2D eigenvalue weighted by Gasteiger charge is -2.28. The van der Waals surface area contributed by atoms with Crippen LogP contribution in [-0.4, -0.2) is 60.9 Å². The van der Waals surface area contributed by atoms with Crippen LogP contribution in [0.1, 0.15) is 35.0 Å².